The molecular weight excluding hydrogens is 411 g/mol. The maximum absolute atomic E-state index is 13.1. The molecule has 2 amide bonds. The van der Waals surface area contributed by atoms with Crippen LogP contribution in [0.25, 0.3) is 11.4 Å². The molecule has 2 aromatic carbocycles. The number of rotatable bonds is 10. The van der Waals surface area contributed by atoms with E-state index in [2.05, 4.69) is 20.8 Å². The van der Waals surface area contributed by atoms with Gasteiger partial charge in [0.05, 0.1) is 0 Å². The Morgan fingerprint density at radius 2 is 1.84 bits per heavy atom. The van der Waals surface area contributed by atoms with E-state index in [1.165, 1.54) is 12.1 Å². The number of nitrogens with zero attached hydrogens (tertiary/aromatic N) is 2. The molecule has 166 valence electrons. The number of nitrogens with one attached hydrogen (secondary N) is 2. The Labute approximate surface area is 185 Å². The minimum atomic E-state index is -0.612. The summed E-state index contributed by atoms with van der Waals surface area (Å²) < 4.78 is 18.3. The van der Waals surface area contributed by atoms with Gasteiger partial charge < -0.3 is 15.2 Å². The molecule has 0 spiro atoms. The zero-order valence-electron chi connectivity index (χ0n) is 17.6. The highest BCUT2D eigenvalue weighted by Gasteiger charge is 2.28. The van der Waals surface area contributed by atoms with Gasteiger partial charge in [-0.1, -0.05) is 35.5 Å². The number of carbonyl (C=O) groups excluding carboxylic acids is 2. The third-order valence-corrected chi connectivity index (χ3v) is 5.22. The van der Waals surface area contributed by atoms with E-state index in [9.17, 15) is 14.0 Å². The topological polar surface area (TPSA) is 97.1 Å². The first-order valence-electron chi connectivity index (χ1n) is 10.8. The SMILES string of the molecule is O=C(CCCc1nc(-c2ccc(F)cc2)no1)NC(Cc1ccccc1)C(=O)NC1CC1. The Morgan fingerprint density at radius 1 is 1.09 bits per heavy atom. The lowest BCUT2D eigenvalue weighted by Gasteiger charge is -2.18. The highest BCUT2D eigenvalue weighted by atomic mass is 19.1. The first-order valence-corrected chi connectivity index (χ1v) is 10.8. The van der Waals surface area contributed by atoms with Crippen molar-refractivity contribution < 1.29 is 18.5 Å². The molecule has 1 saturated carbocycles. The maximum Gasteiger partial charge on any atom is 0.243 e. The van der Waals surface area contributed by atoms with Crippen molar-refractivity contribution in [1.29, 1.82) is 0 Å². The summed E-state index contributed by atoms with van der Waals surface area (Å²) >= 11 is 0. The van der Waals surface area contributed by atoms with Crippen LogP contribution in [0, 0.1) is 5.82 Å². The van der Waals surface area contributed by atoms with Crippen LogP contribution in [0.3, 0.4) is 0 Å². The van der Waals surface area contributed by atoms with Gasteiger partial charge >= 0.3 is 0 Å². The van der Waals surface area contributed by atoms with Crippen molar-refractivity contribution in [3.05, 3.63) is 71.9 Å². The summed E-state index contributed by atoms with van der Waals surface area (Å²) in [6.07, 6.45) is 3.58. The van der Waals surface area contributed by atoms with Crippen molar-refractivity contribution in [2.45, 2.75) is 50.6 Å². The summed E-state index contributed by atoms with van der Waals surface area (Å²) in [4.78, 5) is 29.4. The maximum atomic E-state index is 13.1. The molecule has 1 unspecified atom stereocenters. The Hall–Kier alpha value is -3.55. The highest BCUT2D eigenvalue weighted by Crippen LogP contribution is 2.19. The second-order valence-electron chi connectivity index (χ2n) is 7.96. The molecule has 1 fully saturated rings. The van der Waals surface area contributed by atoms with Gasteiger partial charge in [0.25, 0.3) is 0 Å². The van der Waals surface area contributed by atoms with Crippen LogP contribution in [0.1, 0.15) is 37.1 Å². The monoisotopic (exact) mass is 436 g/mol. The zero-order valence-corrected chi connectivity index (χ0v) is 17.6. The van der Waals surface area contributed by atoms with Gasteiger partial charge in [-0.25, -0.2) is 4.39 Å². The zero-order chi connectivity index (χ0) is 22.3. The van der Waals surface area contributed by atoms with E-state index < -0.39 is 6.04 Å². The number of hydrogen-bond acceptors (Lipinski definition) is 5. The van der Waals surface area contributed by atoms with E-state index in [0.29, 0.717) is 36.5 Å². The Bertz CT molecular complexity index is 1050. The van der Waals surface area contributed by atoms with Crippen LogP contribution in [0.5, 0.6) is 0 Å². The predicted molar refractivity (Wildman–Crippen MR) is 116 cm³/mol. The molecule has 0 aliphatic heterocycles. The first kappa shape index (κ1) is 21.7. The lowest BCUT2D eigenvalue weighted by Crippen LogP contribution is -2.48. The second-order valence-corrected chi connectivity index (χ2v) is 7.96. The van der Waals surface area contributed by atoms with Crippen molar-refractivity contribution in [1.82, 2.24) is 20.8 Å². The van der Waals surface area contributed by atoms with Gasteiger partial charge in [-0.05, 0) is 49.1 Å². The molecule has 0 radical (unpaired) electrons. The Balaban J connectivity index is 1.28. The summed E-state index contributed by atoms with van der Waals surface area (Å²) in [7, 11) is 0. The Morgan fingerprint density at radius 3 is 2.56 bits per heavy atom. The number of hydrogen-bond donors (Lipinski definition) is 2. The van der Waals surface area contributed by atoms with Crippen LogP contribution in [0.15, 0.2) is 59.1 Å². The molecule has 1 aliphatic carbocycles. The van der Waals surface area contributed by atoms with Gasteiger partial charge in [-0.15, -0.1) is 0 Å². The molecular formula is C24H25FN4O3. The number of aromatic nitrogens is 2. The third-order valence-electron chi connectivity index (χ3n) is 5.22. The molecule has 2 N–H and O–H groups in total. The molecule has 1 heterocycles. The average Bonchev–Trinajstić information content (AvgIpc) is 3.48. The van der Waals surface area contributed by atoms with Gasteiger partial charge in [0.1, 0.15) is 11.9 Å². The van der Waals surface area contributed by atoms with Crippen molar-refractivity contribution in [3.8, 4) is 11.4 Å². The molecule has 0 saturated heterocycles. The van der Waals surface area contributed by atoms with Crippen LogP contribution < -0.4 is 10.6 Å². The fourth-order valence-corrected chi connectivity index (χ4v) is 3.33. The number of benzene rings is 2. The molecule has 1 aromatic heterocycles. The normalized spacial score (nSPS) is 14.0. The molecule has 7 nitrogen and oxygen atoms in total. The molecule has 1 aliphatic rings. The number of aryl methyl sites for hydroxylation is 1. The average molecular weight is 436 g/mol. The van der Waals surface area contributed by atoms with Crippen LogP contribution in [0.2, 0.25) is 0 Å². The van der Waals surface area contributed by atoms with Gasteiger partial charge in [0.2, 0.25) is 23.5 Å². The first-order chi connectivity index (χ1) is 15.6. The van der Waals surface area contributed by atoms with Crippen molar-refractivity contribution in [2.75, 3.05) is 0 Å². The fraction of sp³-hybridized carbons (Fsp3) is 0.333. The highest BCUT2D eigenvalue weighted by molar-refractivity contribution is 5.88. The van der Waals surface area contributed by atoms with Gasteiger partial charge in [0.15, 0.2) is 0 Å². The Kier molecular flexibility index (Phi) is 6.89. The van der Waals surface area contributed by atoms with Crippen molar-refractivity contribution >= 4 is 11.8 Å². The molecule has 32 heavy (non-hydrogen) atoms. The molecule has 0 bridgehead atoms. The summed E-state index contributed by atoms with van der Waals surface area (Å²) in [6.45, 7) is 0. The van der Waals surface area contributed by atoms with Gasteiger partial charge in [0, 0.05) is 30.9 Å². The molecule has 1 atom stereocenters. The van der Waals surface area contributed by atoms with Gasteiger partial charge in [-0.3, -0.25) is 9.59 Å². The van der Waals surface area contributed by atoms with Crippen LogP contribution in [-0.2, 0) is 22.4 Å². The van der Waals surface area contributed by atoms with E-state index in [0.717, 1.165) is 18.4 Å². The summed E-state index contributed by atoms with van der Waals surface area (Å²) in [5, 5.41) is 9.74. The second kappa shape index (κ2) is 10.2. The van der Waals surface area contributed by atoms with Crippen molar-refractivity contribution in [3.63, 3.8) is 0 Å². The van der Waals surface area contributed by atoms with E-state index in [-0.39, 0.29) is 30.1 Å². The van der Waals surface area contributed by atoms with Crippen molar-refractivity contribution in [2.24, 2.45) is 0 Å². The summed E-state index contributed by atoms with van der Waals surface area (Å²) in [5.41, 5.74) is 1.65. The summed E-state index contributed by atoms with van der Waals surface area (Å²) in [6, 6.07) is 15.1. The number of amides is 2. The quantitative estimate of drug-likeness (QED) is 0.509. The van der Waals surface area contributed by atoms with Crippen LogP contribution in [0.4, 0.5) is 4.39 Å². The smallest absolute Gasteiger partial charge is 0.243 e. The van der Waals surface area contributed by atoms with Crippen LogP contribution >= 0.6 is 0 Å². The van der Waals surface area contributed by atoms with Crippen LogP contribution in [-0.4, -0.2) is 34.0 Å². The predicted octanol–water partition coefficient (Wildman–Crippen LogP) is 3.20. The van der Waals surface area contributed by atoms with E-state index in [4.69, 9.17) is 4.52 Å². The largest absolute Gasteiger partial charge is 0.352 e. The number of halogens is 1. The van der Waals surface area contributed by atoms with E-state index in [1.807, 2.05) is 30.3 Å². The minimum Gasteiger partial charge on any atom is -0.352 e. The minimum absolute atomic E-state index is 0.148. The molecule has 3 aromatic rings. The molecule has 4 rings (SSSR count). The van der Waals surface area contributed by atoms with E-state index >= 15 is 0 Å². The summed E-state index contributed by atoms with van der Waals surface area (Å²) in [5.74, 6) is 0.106. The lowest BCUT2D eigenvalue weighted by atomic mass is 10.0. The fourth-order valence-electron chi connectivity index (χ4n) is 3.33. The third kappa shape index (κ3) is 6.23. The lowest BCUT2D eigenvalue weighted by molar-refractivity contribution is -0.129. The van der Waals surface area contributed by atoms with Gasteiger partial charge in [-0.2, -0.15) is 4.98 Å². The van der Waals surface area contributed by atoms with E-state index in [1.54, 1.807) is 12.1 Å². The standard InChI is InChI=1S/C24H25FN4O3/c25-18-11-9-17(10-12-18)23-28-22(32-29-23)8-4-7-21(30)27-20(24(31)26-19-13-14-19)15-16-5-2-1-3-6-16/h1-3,5-6,9-12,19-20H,4,7-8,13-15H2,(H,26,31)(H,27,30). The molecule has 8 heteroatoms. The number of carbonyl (C=O) groups is 2.